The van der Waals surface area contributed by atoms with Crippen LogP contribution < -0.4 is 5.73 Å². The predicted octanol–water partition coefficient (Wildman–Crippen LogP) is 0.603. The first-order valence-electron chi connectivity index (χ1n) is 7.40. The van der Waals surface area contributed by atoms with Crippen molar-refractivity contribution in [1.29, 1.82) is 0 Å². The molecule has 6 nitrogen and oxygen atoms in total. The Balaban J connectivity index is 1.91. The van der Waals surface area contributed by atoms with Gasteiger partial charge in [0.15, 0.2) is 0 Å². The topological polar surface area (TPSA) is 78.2 Å². The minimum absolute atomic E-state index is 0.0793. The van der Waals surface area contributed by atoms with E-state index in [-0.39, 0.29) is 5.91 Å². The van der Waals surface area contributed by atoms with Gasteiger partial charge in [-0.3, -0.25) is 14.8 Å². The van der Waals surface area contributed by atoms with Crippen molar-refractivity contribution in [2.24, 2.45) is 5.73 Å². The average molecular weight is 279 g/mol. The molecule has 0 aromatic carbocycles. The van der Waals surface area contributed by atoms with Gasteiger partial charge < -0.3 is 10.6 Å². The smallest absolute Gasteiger partial charge is 0.257 e. The highest BCUT2D eigenvalue weighted by Gasteiger charge is 2.26. The van der Waals surface area contributed by atoms with Crippen LogP contribution in [0.25, 0.3) is 0 Å². The van der Waals surface area contributed by atoms with Crippen LogP contribution in [0, 0.1) is 6.92 Å². The molecule has 1 aromatic rings. The highest BCUT2D eigenvalue weighted by molar-refractivity contribution is 5.95. The summed E-state index contributed by atoms with van der Waals surface area (Å²) in [6, 6.07) is 0.452. The number of aromatic nitrogens is 2. The quantitative estimate of drug-likeness (QED) is 0.827. The number of rotatable bonds is 5. The van der Waals surface area contributed by atoms with E-state index in [1.54, 1.807) is 6.20 Å². The van der Waals surface area contributed by atoms with Crippen molar-refractivity contribution in [1.82, 2.24) is 20.0 Å². The first-order valence-corrected chi connectivity index (χ1v) is 7.40. The molecular weight excluding hydrogens is 254 g/mol. The van der Waals surface area contributed by atoms with Crippen LogP contribution in [-0.4, -0.2) is 64.7 Å². The van der Waals surface area contributed by atoms with E-state index < -0.39 is 0 Å². The van der Waals surface area contributed by atoms with Gasteiger partial charge in [0.05, 0.1) is 11.8 Å². The number of carbonyl (C=O) groups excluding carboxylic acids is 1. The Labute approximate surface area is 120 Å². The fourth-order valence-electron chi connectivity index (χ4n) is 2.81. The lowest BCUT2D eigenvalue weighted by Gasteiger charge is -2.39. The standard InChI is InChI=1S/C14H25N5O/c1-3-4-12(9-15)18-5-7-19(8-6-18)14(20)13-10-16-17-11(13)2/h10,12H,3-9,15H2,1-2H3,(H,16,17). The molecule has 1 unspecified atom stereocenters. The van der Waals surface area contributed by atoms with Crippen LogP contribution >= 0.6 is 0 Å². The summed E-state index contributed by atoms with van der Waals surface area (Å²) in [5.41, 5.74) is 7.37. The third kappa shape index (κ3) is 3.19. The van der Waals surface area contributed by atoms with Crippen molar-refractivity contribution in [2.45, 2.75) is 32.7 Å². The zero-order chi connectivity index (χ0) is 14.5. The molecule has 0 radical (unpaired) electrons. The number of hydrogen-bond acceptors (Lipinski definition) is 4. The second-order valence-corrected chi connectivity index (χ2v) is 5.42. The first kappa shape index (κ1) is 15.0. The van der Waals surface area contributed by atoms with Crippen molar-refractivity contribution in [2.75, 3.05) is 32.7 Å². The number of nitrogens with one attached hydrogen (secondary N) is 1. The lowest BCUT2D eigenvalue weighted by Crippen LogP contribution is -2.53. The molecule has 0 saturated carbocycles. The highest BCUT2D eigenvalue weighted by atomic mass is 16.2. The Morgan fingerprint density at radius 1 is 1.45 bits per heavy atom. The summed E-state index contributed by atoms with van der Waals surface area (Å²) in [4.78, 5) is 16.7. The molecule has 3 N–H and O–H groups in total. The minimum atomic E-state index is 0.0793. The van der Waals surface area contributed by atoms with Crippen molar-refractivity contribution >= 4 is 5.91 Å². The van der Waals surface area contributed by atoms with Gasteiger partial charge in [-0.1, -0.05) is 13.3 Å². The molecule has 0 aliphatic carbocycles. The number of aryl methyl sites for hydroxylation is 1. The summed E-state index contributed by atoms with van der Waals surface area (Å²) in [6.45, 7) is 8.11. The van der Waals surface area contributed by atoms with Crippen molar-refractivity contribution < 1.29 is 4.79 Å². The number of hydrogen-bond donors (Lipinski definition) is 2. The Kier molecular flexibility index (Phi) is 5.14. The Morgan fingerprint density at radius 3 is 2.65 bits per heavy atom. The molecule has 1 aromatic heterocycles. The highest BCUT2D eigenvalue weighted by Crippen LogP contribution is 2.13. The SMILES string of the molecule is CCCC(CN)N1CCN(C(=O)c2cn[nH]c2C)CC1. The number of amides is 1. The Morgan fingerprint density at radius 2 is 2.15 bits per heavy atom. The lowest BCUT2D eigenvalue weighted by atomic mass is 10.1. The van der Waals surface area contributed by atoms with Gasteiger partial charge in [-0.05, 0) is 13.3 Å². The third-order valence-corrected chi connectivity index (χ3v) is 4.07. The lowest BCUT2D eigenvalue weighted by molar-refractivity contribution is 0.0565. The molecule has 1 aliphatic rings. The predicted molar refractivity (Wildman–Crippen MR) is 78.6 cm³/mol. The van der Waals surface area contributed by atoms with Crippen LogP contribution in [0.4, 0.5) is 0 Å². The zero-order valence-corrected chi connectivity index (χ0v) is 12.4. The van der Waals surface area contributed by atoms with Gasteiger partial charge in [0.25, 0.3) is 5.91 Å². The second kappa shape index (κ2) is 6.85. The molecule has 6 heteroatoms. The van der Waals surface area contributed by atoms with Crippen LogP contribution in [0.3, 0.4) is 0 Å². The van der Waals surface area contributed by atoms with E-state index >= 15 is 0 Å². The summed E-state index contributed by atoms with van der Waals surface area (Å²) in [5.74, 6) is 0.0793. The Bertz CT molecular complexity index is 437. The van der Waals surface area contributed by atoms with E-state index in [1.165, 1.54) is 0 Å². The molecule has 1 saturated heterocycles. The average Bonchev–Trinajstić information content (AvgIpc) is 2.90. The molecular formula is C14H25N5O. The van der Waals surface area contributed by atoms with Gasteiger partial charge in [0, 0.05) is 44.5 Å². The number of H-pyrrole nitrogens is 1. The van der Waals surface area contributed by atoms with Crippen LogP contribution in [0.5, 0.6) is 0 Å². The molecule has 1 atom stereocenters. The number of carbonyl (C=O) groups is 1. The van der Waals surface area contributed by atoms with E-state index in [2.05, 4.69) is 22.0 Å². The summed E-state index contributed by atoms with van der Waals surface area (Å²) in [6.07, 6.45) is 3.89. The van der Waals surface area contributed by atoms with E-state index in [0.717, 1.165) is 44.7 Å². The molecule has 0 bridgehead atoms. The third-order valence-electron chi connectivity index (χ3n) is 4.07. The monoisotopic (exact) mass is 279 g/mol. The molecule has 20 heavy (non-hydrogen) atoms. The molecule has 0 spiro atoms. The molecule has 1 fully saturated rings. The van der Waals surface area contributed by atoms with Crippen LogP contribution in [0.2, 0.25) is 0 Å². The maximum atomic E-state index is 12.4. The maximum absolute atomic E-state index is 12.4. The second-order valence-electron chi connectivity index (χ2n) is 5.42. The minimum Gasteiger partial charge on any atom is -0.336 e. The van der Waals surface area contributed by atoms with Crippen LogP contribution in [0.15, 0.2) is 6.20 Å². The fraction of sp³-hybridized carbons (Fsp3) is 0.714. The van der Waals surface area contributed by atoms with E-state index in [4.69, 9.17) is 5.73 Å². The number of aromatic amines is 1. The molecule has 2 heterocycles. The van der Waals surface area contributed by atoms with Gasteiger partial charge in [0.1, 0.15) is 0 Å². The summed E-state index contributed by atoms with van der Waals surface area (Å²) >= 11 is 0. The normalized spacial score (nSPS) is 18.2. The van der Waals surface area contributed by atoms with Crippen molar-refractivity contribution in [3.63, 3.8) is 0 Å². The van der Waals surface area contributed by atoms with E-state index in [9.17, 15) is 4.79 Å². The van der Waals surface area contributed by atoms with Crippen LogP contribution in [0.1, 0.15) is 35.8 Å². The molecule has 2 rings (SSSR count). The fourth-order valence-corrected chi connectivity index (χ4v) is 2.81. The van der Waals surface area contributed by atoms with Crippen LogP contribution in [-0.2, 0) is 0 Å². The summed E-state index contributed by atoms with van der Waals surface area (Å²) < 4.78 is 0. The molecule has 112 valence electrons. The van der Waals surface area contributed by atoms with Gasteiger partial charge >= 0.3 is 0 Å². The van der Waals surface area contributed by atoms with Gasteiger partial charge in [0.2, 0.25) is 0 Å². The van der Waals surface area contributed by atoms with Crippen molar-refractivity contribution in [3.8, 4) is 0 Å². The van der Waals surface area contributed by atoms with E-state index in [1.807, 2.05) is 11.8 Å². The summed E-state index contributed by atoms with van der Waals surface area (Å²) in [5, 5.41) is 6.74. The first-order chi connectivity index (χ1) is 9.67. The van der Waals surface area contributed by atoms with Gasteiger partial charge in [-0.15, -0.1) is 0 Å². The Hall–Kier alpha value is -1.40. The maximum Gasteiger partial charge on any atom is 0.257 e. The summed E-state index contributed by atoms with van der Waals surface area (Å²) in [7, 11) is 0. The van der Waals surface area contributed by atoms with Gasteiger partial charge in [-0.2, -0.15) is 5.10 Å². The number of nitrogens with zero attached hydrogens (tertiary/aromatic N) is 3. The van der Waals surface area contributed by atoms with Crippen molar-refractivity contribution in [3.05, 3.63) is 17.5 Å². The molecule has 1 aliphatic heterocycles. The largest absolute Gasteiger partial charge is 0.336 e. The zero-order valence-electron chi connectivity index (χ0n) is 12.4. The number of piperazine rings is 1. The number of nitrogens with two attached hydrogens (primary N) is 1. The van der Waals surface area contributed by atoms with E-state index in [0.29, 0.717) is 18.2 Å². The molecule has 1 amide bonds. The van der Waals surface area contributed by atoms with Gasteiger partial charge in [-0.25, -0.2) is 0 Å².